The Morgan fingerprint density at radius 1 is 1.38 bits per heavy atom. The van der Waals surface area contributed by atoms with Crippen LogP contribution in [0.15, 0.2) is 36.7 Å². The highest BCUT2D eigenvalue weighted by molar-refractivity contribution is 6.34. The SMILES string of the molecule is Cn1cnc(CNC(=O)c2cc3ccccc3c(Cl)n2)n1. The average Bonchev–Trinajstić information content (AvgIpc) is 2.90. The van der Waals surface area contributed by atoms with Crippen molar-refractivity contribution in [3.63, 3.8) is 0 Å². The Morgan fingerprint density at radius 2 is 2.19 bits per heavy atom. The van der Waals surface area contributed by atoms with Crippen LogP contribution < -0.4 is 5.32 Å². The smallest absolute Gasteiger partial charge is 0.270 e. The molecule has 1 amide bonds. The van der Waals surface area contributed by atoms with E-state index in [0.717, 1.165) is 10.8 Å². The van der Waals surface area contributed by atoms with Gasteiger partial charge in [-0.1, -0.05) is 35.9 Å². The van der Waals surface area contributed by atoms with E-state index in [9.17, 15) is 4.79 Å². The minimum atomic E-state index is -0.310. The fraction of sp³-hybridized carbons (Fsp3) is 0.143. The van der Waals surface area contributed by atoms with Crippen LogP contribution in [0.3, 0.4) is 0 Å². The van der Waals surface area contributed by atoms with Crippen molar-refractivity contribution in [1.82, 2.24) is 25.1 Å². The molecule has 0 saturated carbocycles. The first kappa shape index (κ1) is 13.5. The molecule has 0 radical (unpaired) electrons. The van der Waals surface area contributed by atoms with Gasteiger partial charge >= 0.3 is 0 Å². The molecular formula is C14H12ClN5O. The van der Waals surface area contributed by atoms with Crippen LogP contribution >= 0.6 is 11.6 Å². The third-order valence-corrected chi connectivity index (χ3v) is 3.27. The lowest BCUT2D eigenvalue weighted by atomic mass is 10.1. The Kier molecular flexibility index (Phi) is 3.53. The lowest BCUT2D eigenvalue weighted by Gasteiger charge is -2.05. The van der Waals surface area contributed by atoms with Gasteiger partial charge in [-0.2, -0.15) is 5.10 Å². The van der Waals surface area contributed by atoms with Gasteiger partial charge in [0.1, 0.15) is 17.2 Å². The van der Waals surface area contributed by atoms with Gasteiger partial charge in [0.15, 0.2) is 5.82 Å². The molecule has 0 saturated heterocycles. The molecule has 7 heteroatoms. The summed E-state index contributed by atoms with van der Waals surface area (Å²) in [6, 6.07) is 9.23. The Morgan fingerprint density at radius 3 is 2.95 bits per heavy atom. The van der Waals surface area contributed by atoms with Gasteiger partial charge in [0.2, 0.25) is 0 Å². The number of amides is 1. The highest BCUT2D eigenvalue weighted by atomic mass is 35.5. The fourth-order valence-corrected chi connectivity index (χ4v) is 2.25. The van der Waals surface area contributed by atoms with Gasteiger partial charge in [0, 0.05) is 12.4 Å². The minimum Gasteiger partial charge on any atom is -0.343 e. The molecule has 106 valence electrons. The third-order valence-electron chi connectivity index (χ3n) is 2.98. The van der Waals surface area contributed by atoms with Gasteiger partial charge in [-0.25, -0.2) is 9.97 Å². The second-order valence-corrected chi connectivity index (χ2v) is 4.89. The zero-order chi connectivity index (χ0) is 14.8. The topological polar surface area (TPSA) is 72.7 Å². The summed E-state index contributed by atoms with van der Waals surface area (Å²) in [6.45, 7) is 0.242. The Hall–Kier alpha value is -2.47. The minimum absolute atomic E-state index is 0.242. The number of halogens is 1. The average molecular weight is 302 g/mol. The van der Waals surface area contributed by atoms with Crippen molar-refractivity contribution >= 4 is 28.3 Å². The molecule has 21 heavy (non-hydrogen) atoms. The van der Waals surface area contributed by atoms with Gasteiger partial charge in [-0.15, -0.1) is 0 Å². The van der Waals surface area contributed by atoms with E-state index in [-0.39, 0.29) is 18.1 Å². The lowest BCUT2D eigenvalue weighted by molar-refractivity contribution is 0.0945. The first-order valence-electron chi connectivity index (χ1n) is 6.31. The molecule has 0 bridgehead atoms. The number of hydrogen-bond donors (Lipinski definition) is 1. The molecule has 6 nitrogen and oxygen atoms in total. The maximum absolute atomic E-state index is 12.1. The first-order chi connectivity index (χ1) is 10.1. The molecule has 3 aromatic rings. The summed E-state index contributed by atoms with van der Waals surface area (Å²) in [5.74, 6) is 0.229. The standard InChI is InChI=1S/C14H12ClN5O/c1-20-8-17-12(19-20)7-16-14(21)11-6-9-4-2-3-5-10(9)13(15)18-11/h2-6,8H,7H2,1H3,(H,16,21). The third kappa shape index (κ3) is 2.85. The number of fused-ring (bicyclic) bond motifs is 1. The molecule has 0 aliphatic heterocycles. The quantitative estimate of drug-likeness (QED) is 0.750. The van der Waals surface area contributed by atoms with Crippen molar-refractivity contribution in [2.24, 2.45) is 7.05 Å². The van der Waals surface area contributed by atoms with E-state index in [4.69, 9.17) is 11.6 Å². The number of carbonyl (C=O) groups is 1. The fourth-order valence-electron chi connectivity index (χ4n) is 1.99. The molecule has 0 aliphatic rings. The van der Waals surface area contributed by atoms with Gasteiger partial charge in [-0.05, 0) is 11.5 Å². The van der Waals surface area contributed by atoms with Crippen molar-refractivity contribution in [3.05, 3.63) is 53.3 Å². The number of nitrogens with zero attached hydrogens (tertiary/aromatic N) is 4. The summed E-state index contributed by atoms with van der Waals surface area (Å²) in [7, 11) is 1.77. The molecule has 0 aliphatic carbocycles. The van der Waals surface area contributed by atoms with Crippen molar-refractivity contribution in [2.75, 3.05) is 0 Å². The summed E-state index contributed by atoms with van der Waals surface area (Å²) in [5, 5.41) is 8.82. The van der Waals surface area contributed by atoms with Crippen LogP contribution in [-0.2, 0) is 13.6 Å². The summed E-state index contributed by atoms with van der Waals surface area (Å²) in [6.07, 6.45) is 1.58. The number of aryl methyl sites for hydroxylation is 1. The van der Waals surface area contributed by atoms with E-state index in [0.29, 0.717) is 11.0 Å². The van der Waals surface area contributed by atoms with Gasteiger partial charge in [-0.3, -0.25) is 9.48 Å². The normalized spacial score (nSPS) is 10.8. The number of hydrogen-bond acceptors (Lipinski definition) is 4. The second kappa shape index (κ2) is 5.49. The number of carbonyl (C=O) groups excluding carboxylic acids is 1. The van der Waals surface area contributed by atoms with E-state index >= 15 is 0 Å². The zero-order valence-electron chi connectivity index (χ0n) is 11.2. The largest absolute Gasteiger partial charge is 0.343 e. The van der Waals surface area contributed by atoms with Crippen LogP contribution in [0.1, 0.15) is 16.3 Å². The molecule has 0 unspecified atom stereocenters. The van der Waals surface area contributed by atoms with Crippen molar-refractivity contribution in [2.45, 2.75) is 6.54 Å². The molecule has 1 aromatic carbocycles. The number of benzene rings is 1. The molecule has 2 aromatic heterocycles. The highest BCUT2D eigenvalue weighted by Gasteiger charge is 2.11. The van der Waals surface area contributed by atoms with Crippen molar-refractivity contribution < 1.29 is 4.79 Å². The second-order valence-electron chi connectivity index (χ2n) is 4.54. The Labute approximate surface area is 125 Å². The molecule has 0 spiro atoms. The molecule has 0 fully saturated rings. The number of aromatic nitrogens is 4. The van der Waals surface area contributed by atoms with E-state index in [1.807, 2.05) is 24.3 Å². The predicted molar refractivity (Wildman–Crippen MR) is 78.9 cm³/mol. The van der Waals surface area contributed by atoms with Gasteiger partial charge in [0.05, 0.1) is 6.54 Å². The number of nitrogens with one attached hydrogen (secondary N) is 1. The van der Waals surface area contributed by atoms with Crippen LogP contribution in [0.5, 0.6) is 0 Å². The summed E-state index contributed by atoms with van der Waals surface area (Å²) in [4.78, 5) is 20.3. The lowest BCUT2D eigenvalue weighted by Crippen LogP contribution is -2.24. The van der Waals surface area contributed by atoms with E-state index in [2.05, 4.69) is 20.4 Å². The Bertz CT molecular complexity index is 814. The maximum Gasteiger partial charge on any atom is 0.270 e. The van der Waals surface area contributed by atoms with Crippen LogP contribution in [-0.4, -0.2) is 25.7 Å². The van der Waals surface area contributed by atoms with E-state index in [1.54, 1.807) is 24.1 Å². The van der Waals surface area contributed by atoms with E-state index in [1.165, 1.54) is 0 Å². The monoisotopic (exact) mass is 301 g/mol. The summed E-state index contributed by atoms with van der Waals surface area (Å²) in [5.41, 5.74) is 0.273. The van der Waals surface area contributed by atoms with Crippen LogP contribution in [0.4, 0.5) is 0 Å². The maximum atomic E-state index is 12.1. The molecule has 1 N–H and O–H groups in total. The van der Waals surface area contributed by atoms with Crippen molar-refractivity contribution in [3.8, 4) is 0 Å². The molecule has 2 heterocycles. The molecule has 0 atom stereocenters. The van der Waals surface area contributed by atoms with E-state index < -0.39 is 0 Å². The molecular weight excluding hydrogens is 290 g/mol. The predicted octanol–water partition coefficient (Wildman–Crippen LogP) is 1.95. The number of rotatable bonds is 3. The van der Waals surface area contributed by atoms with Crippen LogP contribution in [0.25, 0.3) is 10.8 Å². The van der Waals surface area contributed by atoms with Crippen LogP contribution in [0, 0.1) is 0 Å². The van der Waals surface area contributed by atoms with Gasteiger partial charge < -0.3 is 5.32 Å². The Balaban J connectivity index is 1.81. The zero-order valence-corrected chi connectivity index (χ0v) is 12.0. The summed E-state index contributed by atoms with van der Waals surface area (Å²) >= 11 is 6.11. The van der Waals surface area contributed by atoms with Crippen LogP contribution in [0.2, 0.25) is 5.15 Å². The van der Waals surface area contributed by atoms with Gasteiger partial charge in [0.25, 0.3) is 5.91 Å². The first-order valence-corrected chi connectivity index (χ1v) is 6.69. The van der Waals surface area contributed by atoms with Crippen molar-refractivity contribution in [1.29, 1.82) is 0 Å². The molecule has 3 rings (SSSR count). The number of pyridine rings is 1. The highest BCUT2D eigenvalue weighted by Crippen LogP contribution is 2.22. The summed E-state index contributed by atoms with van der Waals surface area (Å²) < 4.78 is 1.58.